The molecule has 4 N–H and O–H groups in total. The van der Waals surface area contributed by atoms with E-state index in [1.807, 2.05) is 0 Å². The van der Waals surface area contributed by atoms with Gasteiger partial charge in [-0.3, -0.25) is 0 Å². The SMILES string of the molecule is CC1(CNCC(N)=NO)CCCO1. The Bertz CT molecular complexity index is 188. The highest BCUT2D eigenvalue weighted by molar-refractivity contribution is 5.81. The molecule has 1 aliphatic heterocycles. The molecule has 13 heavy (non-hydrogen) atoms. The fourth-order valence-electron chi connectivity index (χ4n) is 1.47. The van der Waals surface area contributed by atoms with Gasteiger partial charge in [-0.1, -0.05) is 5.16 Å². The van der Waals surface area contributed by atoms with Crippen LogP contribution in [-0.2, 0) is 4.74 Å². The van der Waals surface area contributed by atoms with E-state index in [9.17, 15) is 0 Å². The second kappa shape index (κ2) is 4.43. The molecule has 0 aromatic carbocycles. The molecular formula is C8H17N3O2. The number of hydrogen-bond acceptors (Lipinski definition) is 4. The minimum absolute atomic E-state index is 0.0737. The first-order chi connectivity index (χ1) is 6.16. The molecule has 1 heterocycles. The van der Waals surface area contributed by atoms with E-state index in [1.165, 1.54) is 0 Å². The Kier molecular flexibility index (Phi) is 3.50. The van der Waals surface area contributed by atoms with Crippen molar-refractivity contribution in [2.75, 3.05) is 19.7 Å². The first-order valence-electron chi connectivity index (χ1n) is 4.47. The molecule has 1 aliphatic rings. The molecule has 1 saturated heterocycles. The van der Waals surface area contributed by atoms with Crippen molar-refractivity contribution in [3.63, 3.8) is 0 Å². The van der Waals surface area contributed by atoms with Crippen molar-refractivity contribution in [3.8, 4) is 0 Å². The molecule has 76 valence electrons. The highest BCUT2D eigenvalue weighted by atomic mass is 16.5. The van der Waals surface area contributed by atoms with Crippen LogP contribution < -0.4 is 11.1 Å². The fourth-order valence-corrected chi connectivity index (χ4v) is 1.47. The van der Waals surface area contributed by atoms with Crippen LogP contribution in [0, 0.1) is 0 Å². The average Bonchev–Trinajstić information content (AvgIpc) is 2.52. The van der Waals surface area contributed by atoms with Crippen molar-refractivity contribution in [1.29, 1.82) is 0 Å². The molecule has 0 spiro atoms. The van der Waals surface area contributed by atoms with Crippen LogP contribution in [0.25, 0.3) is 0 Å². The standard InChI is InChI=1S/C8H17N3O2/c1-8(3-2-4-13-8)6-10-5-7(9)11-12/h10,12H,2-6H2,1H3,(H2,9,11). The van der Waals surface area contributed by atoms with Crippen molar-refractivity contribution in [2.24, 2.45) is 10.9 Å². The summed E-state index contributed by atoms with van der Waals surface area (Å²) in [5.41, 5.74) is 5.22. The summed E-state index contributed by atoms with van der Waals surface area (Å²) in [4.78, 5) is 0. The second-order valence-corrected chi connectivity index (χ2v) is 3.60. The van der Waals surface area contributed by atoms with Gasteiger partial charge in [0.2, 0.25) is 0 Å². The first-order valence-corrected chi connectivity index (χ1v) is 4.47. The van der Waals surface area contributed by atoms with Crippen molar-refractivity contribution in [2.45, 2.75) is 25.4 Å². The summed E-state index contributed by atoms with van der Waals surface area (Å²) in [6, 6.07) is 0. The molecule has 1 unspecified atom stereocenters. The minimum Gasteiger partial charge on any atom is -0.409 e. The van der Waals surface area contributed by atoms with Gasteiger partial charge in [-0.25, -0.2) is 0 Å². The monoisotopic (exact) mass is 187 g/mol. The van der Waals surface area contributed by atoms with Crippen LogP contribution in [0.1, 0.15) is 19.8 Å². The molecule has 1 fully saturated rings. The largest absolute Gasteiger partial charge is 0.409 e. The summed E-state index contributed by atoms with van der Waals surface area (Å²) in [6.07, 6.45) is 2.18. The number of rotatable bonds is 4. The van der Waals surface area contributed by atoms with E-state index in [1.54, 1.807) is 0 Å². The fraction of sp³-hybridized carbons (Fsp3) is 0.875. The Labute approximate surface area is 77.9 Å². The number of oxime groups is 1. The van der Waals surface area contributed by atoms with Crippen LogP contribution in [-0.4, -0.2) is 36.3 Å². The Morgan fingerprint density at radius 3 is 3.08 bits per heavy atom. The summed E-state index contributed by atoms with van der Waals surface area (Å²) in [6.45, 7) is 4.04. The molecule has 0 amide bonds. The molecule has 0 saturated carbocycles. The molecule has 0 radical (unpaired) electrons. The summed E-state index contributed by atoms with van der Waals surface area (Å²) in [7, 11) is 0. The predicted octanol–water partition coefficient (Wildman–Crippen LogP) is -0.108. The molecule has 0 aromatic heterocycles. The van der Waals surface area contributed by atoms with Gasteiger partial charge in [-0.05, 0) is 19.8 Å². The Hall–Kier alpha value is -0.810. The summed E-state index contributed by atoms with van der Waals surface area (Å²) >= 11 is 0. The molecule has 0 bridgehead atoms. The molecule has 5 heteroatoms. The Morgan fingerprint density at radius 2 is 2.54 bits per heavy atom. The third-order valence-corrected chi connectivity index (χ3v) is 2.23. The topological polar surface area (TPSA) is 79.9 Å². The van der Waals surface area contributed by atoms with Crippen molar-refractivity contribution < 1.29 is 9.94 Å². The van der Waals surface area contributed by atoms with Crippen LogP contribution in [0.2, 0.25) is 0 Å². The van der Waals surface area contributed by atoms with Gasteiger partial charge in [-0.15, -0.1) is 0 Å². The van der Waals surface area contributed by atoms with Crippen molar-refractivity contribution >= 4 is 5.84 Å². The van der Waals surface area contributed by atoms with E-state index in [0.717, 1.165) is 26.0 Å². The Morgan fingerprint density at radius 1 is 1.77 bits per heavy atom. The van der Waals surface area contributed by atoms with E-state index in [2.05, 4.69) is 17.4 Å². The molecular weight excluding hydrogens is 170 g/mol. The maximum Gasteiger partial charge on any atom is 0.153 e. The molecule has 1 rings (SSSR count). The lowest BCUT2D eigenvalue weighted by molar-refractivity contribution is 0.0218. The van der Waals surface area contributed by atoms with E-state index in [4.69, 9.17) is 15.7 Å². The summed E-state index contributed by atoms with van der Waals surface area (Å²) in [5, 5.41) is 14.2. The first kappa shape index (κ1) is 10.3. The molecule has 1 atom stereocenters. The van der Waals surface area contributed by atoms with Gasteiger partial charge in [-0.2, -0.15) is 0 Å². The quantitative estimate of drug-likeness (QED) is 0.248. The minimum atomic E-state index is -0.0737. The van der Waals surface area contributed by atoms with Crippen LogP contribution in [0.3, 0.4) is 0 Å². The lowest BCUT2D eigenvalue weighted by Gasteiger charge is -2.23. The van der Waals surface area contributed by atoms with E-state index >= 15 is 0 Å². The lowest BCUT2D eigenvalue weighted by atomic mass is 10.0. The molecule has 0 aliphatic carbocycles. The van der Waals surface area contributed by atoms with E-state index in [0.29, 0.717) is 6.54 Å². The Balaban J connectivity index is 2.18. The normalized spacial score (nSPS) is 29.5. The zero-order valence-electron chi connectivity index (χ0n) is 7.92. The number of ether oxygens (including phenoxy) is 1. The highest BCUT2D eigenvalue weighted by Gasteiger charge is 2.28. The summed E-state index contributed by atoms with van der Waals surface area (Å²) in [5.74, 6) is 0.196. The van der Waals surface area contributed by atoms with Gasteiger partial charge in [0.25, 0.3) is 0 Å². The van der Waals surface area contributed by atoms with E-state index in [-0.39, 0.29) is 11.4 Å². The van der Waals surface area contributed by atoms with Gasteiger partial charge in [0.1, 0.15) is 0 Å². The number of nitrogens with zero attached hydrogens (tertiary/aromatic N) is 1. The number of hydrogen-bond donors (Lipinski definition) is 3. The maximum absolute atomic E-state index is 8.28. The third kappa shape index (κ3) is 3.20. The second-order valence-electron chi connectivity index (χ2n) is 3.60. The summed E-state index contributed by atoms with van der Waals surface area (Å²) < 4.78 is 5.55. The lowest BCUT2D eigenvalue weighted by Crippen LogP contribution is -2.40. The predicted molar refractivity (Wildman–Crippen MR) is 49.9 cm³/mol. The number of nitrogens with one attached hydrogen (secondary N) is 1. The van der Waals surface area contributed by atoms with Gasteiger partial charge in [0, 0.05) is 13.2 Å². The van der Waals surface area contributed by atoms with Crippen LogP contribution in [0.4, 0.5) is 0 Å². The van der Waals surface area contributed by atoms with Crippen molar-refractivity contribution in [3.05, 3.63) is 0 Å². The van der Waals surface area contributed by atoms with Gasteiger partial charge < -0.3 is 21.0 Å². The van der Waals surface area contributed by atoms with Gasteiger partial charge in [0.15, 0.2) is 5.84 Å². The van der Waals surface area contributed by atoms with Crippen LogP contribution in [0.15, 0.2) is 5.16 Å². The zero-order valence-corrected chi connectivity index (χ0v) is 7.92. The third-order valence-electron chi connectivity index (χ3n) is 2.23. The number of nitrogens with two attached hydrogens (primary N) is 1. The number of amidine groups is 1. The van der Waals surface area contributed by atoms with E-state index < -0.39 is 0 Å². The average molecular weight is 187 g/mol. The maximum atomic E-state index is 8.28. The van der Waals surface area contributed by atoms with Crippen LogP contribution in [0.5, 0.6) is 0 Å². The molecule has 0 aromatic rings. The zero-order chi connectivity index (χ0) is 9.73. The highest BCUT2D eigenvalue weighted by Crippen LogP contribution is 2.23. The van der Waals surface area contributed by atoms with Gasteiger partial charge in [0.05, 0.1) is 12.1 Å². The van der Waals surface area contributed by atoms with Crippen molar-refractivity contribution in [1.82, 2.24) is 5.32 Å². The van der Waals surface area contributed by atoms with Gasteiger partial charge >= 0.3 is 0 Å². The smallest absolute Gasteiger partial charge is 0.153 e. The van der Waals surface area contributed by atoms with Crippen LogP contribution >= 0.6 is 0 Å². The molecule has 5 nitrogen and oxygen atoms in total.